The summed E-state index contributed by atoms with van der Waals surface area (Å²) >= 11 is 0. The first-order valence-electron chi connectivity index (χ1n) is 6.00. The van der Waals surface area contributed by atoms with Gasteiger partial charge in [-0.1, -0.05) is 18.2 Å². The summed E-state index contributed by atoms with van der Waals surface area (Å²) in [4.78, 5) is 4.46. The molecule has 2 aromatic rings. The van der Waals surface area contributed by atoms with Crippen molar-refractivity contribution in [2.24, 2.45) is 5.73 Å². The van der Waals surface area contributed by atoms with Gasteiger partial charge in [-0.15, -0.1) is 12.4 Å². The van der Waals surface area contributed by atoms with E-state index < -0.39 is 0 Å². The van der Waals surface area contributed by atoms with Crippen LogP contribution in [0.15, 0.2) is 42.6 Å². The zero-order valence-corrected chi connectivity index (χ0v) is 11.1. The lowest BCUT2D eigenvalue weighted by Gasteiger charge is -2.03. The minimum atomic E-state index is 0. The number of halogens is 1. The van der Waals surface area contributed by atoms with Gasteiger partial charge in [-0.3, -0.25) is 4.98 Å². The summed E-state index contributed by atoms with van der Waals surface area (Å²) in [5.74, 6) is 0.483. The van der Waals surface area contributed by atoms with Gasteiger partial charge in [0.1, 0.15) is 0 Å². The van der Waals surface area contributed by atoms with Crippen LogP contribution in [0.3, 0.4) is 0 Å². The van der Waals surface area contributed by atoms with E-state index in [1.54, 1.807) is 6.07 Å². The lowest BCUT2D eigenvalue weighted by Crippen LogP contribution is -2.01. The maximum atomic E-state index is 8.88. The molecule has 0 saturated heterocycles. The van der Waals surface area contributed by atoms with Crippen LogP contribution in [0.25, 0.3) is 11.3 Å². The molecule has 4 heteroatoms. The largest absolute Gasteiger partial charge is 0.327 e. The molecule has 3 rings (SSSR count). The Morgan fingerprint density at radius 1 is 1.26 bits per heavy atom. The molecular formula is C15H14ClN3. The van der Waals surface area contributed by atoms with Gasteiger partial charge in [0.15, 0.2) is 0 Å². The van der Waals surface area contributed by atoms with Crippen LogP contribution in [-0.2, 0) is 0 Å². The number of nitrogens with zero attached hydrogens (tertiary/aromatic N) is 2. The molecule has 1 aliphatic rings. The topological polar surface area (TPSA) is 62.7 Å². The van der Waals surface area contributed by atoms with Crippen LogP contribution in [-0.4, -0.2) is 11.0 Å². The molecule has 0 amide bonds. The number of rotatable bonds is 2. The van der Waals surface area contributed by atoms with Gasteiger partial charge in [0.05, 0.1) is 17.3 Å². The zero-order valence-electron chi connectivity index (χ0n) is 10.3. The maximum Gasteiger partial charge on any atom is 0.0991 e. The average Bonchev–Trinajstić information content (AvgIpc) is 3.16. The lowest BCUT2D eigenvalue weighted by molar-refractivity contribution is 0.981. The number of nitrogens with two attached hydrogens (primary N) is 1. The maximum absolute atomic E-state index is 8.88. The normalized spacial score (nSPS) is 20.2. The predicted molar refractivity (Wildman–Crippen MR) is 77.0 cm³/mol. The number of pyridine rings is 1. The summed E-state index contributed by atoms with van der Waals surface area (Å²) in [6.45, 7) is 0. The lowest BCUT2D eigenvalue weighted by atomic mass is 10.1. The van der Waals surface area contributed by atoms with Gasteiger partial charge in [-0.25, -0.2) is 0 Å². The minimum absolute atomic E-state index is 0. The van der Waals surface area contributed by atoms with Crippen molar-refractivity contribution in [3.05, 3.63) is 53.7 Å². The summed E-state index contributed by atoms with van der Waals surface area (Å²) in [6, 6.07) is 14.0. The van der Waals surface area contributed by atoms with Gasteiger partial charge in [0.2, 0.25) is 0 Å². The summed E-state index contributed by atoms with van der Waals surface area (Å²) in [7, 11) is 0. The molecule has 3 nitrogen and oxygen atoms in total. The van der Waals surface area contributed by atoms with Crippen molar-refractivity contribution in [3.63, 3.8) is 0 Å². The molecule has 2 N–H and O–H groups in total. The third-order valence-corrected chi connectivity index (χ3v) is 3.34. The Morgan fingerprint density at radius 3 is 2.63 bits per heavy atom. The summed E-state index contributed by atoms with van der Waals surface area (Å²) in [5, 5.41) is 8.88. The van der Waals surface area contributed by atoms with Crippen molar-refractivity contribution in [1.29, 1.82) is 5.26 Å². The molecule has 0 spiro atoms. The van der Waals surface area contributed by atoms with Crippen LogP contribution in [0.4, 0.5) is 0 Å². The second-order valence-electron chi connectivity index (χ2n) is 4.68. The number of aromatic nitrogens is 1. The van der Waals surface area contributed by atoms with E-state index in [1.165, 1.54) is 5.56 Å². The number of benzene rings is 1. The molecule has 0 radical (unpaired) electrons. The Morgan fingerprint density at radius 2 is 2.05 bits per heavy atom. The Hall–Kier alpha value is -1.89. The summed E-state index contributed by atoms with van der Waals surface area (Å²) in [6.07, 6.45) is 2.96. The highest BCUT2D eigenvalue weighted by atomic mass is 35.5. The van der Waals surface area contributed by atoms with Gasteiger partial charge >= 0.3 is 0 Å². The highest BCUT2D eigenvalue weighted by molar-refractivity contribution is 5.85. The molecule has 1 fully saturated rings. The van der Waals surface area contributed by atoms with Crippen molar-refractivity contribution in [2.75, 3.05) is 0 Å². The molecule has 1 aliphatic carbocycles. The molecule has 1 saturated carbocycles. The zero-order chi connectivity index (χ0) is 12.5. The van der Waals surface area contributed by atoms with Gasteiger partial charge in [-0.2, -0.15) is 5.26 Å². The van der Waals surface area contributed by atoms with E-state index in [4.69, 9.17) is 11.0 Å². The molecule has 0 unspecified atom stereocenters. The second-order valence-corrected chi connectivity index (χ2v) is 4.68. The van der Waals surface area contributed by atoms with E-state index in [1.807, 2.05) is 30.5 Å². The van der Waals surface area contributed by atoms with Crippen molar-refractivity contribution in [2.45, 2.75) is 18.4 Å². The fourth-order valence-electron chi connectivity index (χ4n) is 2.14. The monoisotopic (exact) mass is 271 g/mol. The predicted octanol–water partition coefficient (Wildman–Crippen LogP) is 2.86. The Labute approximate surface area is 118 Å². The average molecular weight is 272 g/mol. The minimum Gasteiger partial charge on any atom is -0.327 e. The van der Waals surface area contributed by atoms with E-state index >= 15 is 0 Å². The molecule has 0 aliphatic heterocycles. The molecule has 2 atom stereocenters. The van der Waals surface area contributed by atoms with Crippen LogP contribution in [0.1, 0.15) is 23.5 Å². The van der Waals surface area contributed by atoms with Crippen molar-refractivity contribution in [3.8, 4) is 17.3 Å². The van der Waals surface area contributed by atoms with Gasteiger partial charge in [0, 0.05) is 23.7 Å². The Balaban J connectivity index is 0.00000133. The number of hydrogen-bond acceptors (Lipinski definition) is 3. The first-order chi connectivity index (χ1) is 8.78. The fraction of sp³-hybridized carbons (Fsp3) is 0.200. The second kappa shape index (κ2) is 5.40. The van der Waals surface area contributed by atoms with Crippen LogP contribution >= 0.6 is 12.4 Å². The van der Waals surface area contributed by atoms with E-state index in [0.29, 0.717) is 17.5 Å². The summed E-state index contributed by atoms with van der Waals surface area (Å²) in [5.41, 5.74) is 9.55. The molecule has 1 aromatic carbocycles. The molecule has 19 heavy (non-hydrogen) atoms. The molecule has 1 heterocycles. The van der Waals surface area contributed by atoms with Gasteiger partial charge < -0.3 is 5.73 Å². The third kappa shape index (κ3) is 2.76. The standard InChI is InChI=1S/C15H13N3.ClH/c16-8-10-2-1-3-11(6-10)15-5-4-12(9-18-15)13-7-14(13)17;/h1-6,9,13-14H,7,17H2;1H/t13-,14+;/m0./s1. The molecular weight excluding hydrogens is 258 g/mol. The van der Waals surface area contributed by atoms with Crippen molar-refractivity contribution < 1.29 is 0 Å². The van der Waals surface area contributed by atoms with E-state index in [9.17, 15) is 0 Å². The SMILES string of the molecule is Cl.N#Cc1cccc(-c2ccc([C@@H]3C[C@H]3N)cn2)c1. The third-order valence-electron chi connectivity index (χ3n) is 3.34. The van der Waals surface area contributed by atoms with Gasteiger partial charge in [-0.05, 0) is 30.2 Å². The van der Waals surface area contributed by atoms with E-state index in [0.717, 1.165) is 17.7 Å². The number of hydrogen-bond donors (Lipinski definition) is 1. The van der Waals surface area contributed by atoms with E-state index in [2.05, 4.69) is 17.1 Å². The molecule has 0 bridgehead atoms. The van der Waals surface area contributed by atoms with E-state index in [-0.39, 0.29) is 12.4 Å². The first kappa shape index (κ1) is 13.5. The van der Waals surface area contributed by atoms with Crippen LogP contribution in [0.2, 0.25) is 0 Å². The number of nitriles is 1. The highest BCUT2D eigenvalue weighted by Crippen LogP contribution is 2.38. The van der Waals surface area contributed by atoms with Crippen molar-refractivity contribution in [1.82, 2.24) is 4.98 Å². The van der Waals surface area contributed by atoms with Gasteiger partial charge in [0.25, 0.3) is 0 Å². The van der Waals surface area contributed by atoms with Crippen LogP contribution in [0, 0.1) is 11.3 Å². The smallest absolute Gasteiger partial charge is 0.0991 e. The van der Waals surface area contributed by atoms with Crippen molar-refractivity contribution >= 4 is 12.4 Å². The van der Waals surface area contributed by atoms with Crippen LogP contribution in [0.5, 0.6) is 0 Å². The first-order valence-corrected chi connectivity index (χ1v) is 6.00. The summed E-state index contributed by atoms with van der Waals surface area (Å²) < 4.78 is 0. The quantitative estimate of drug-likeness (QED) is 0.913. The molecule has 96 valence electrons. The highest BCUT2D eigenvalue weighted by Gasteiger charge is 2.34. The fourth-order valence-corrected chi connectivity index (χ4v) is 2.14. The van der Waals surface area contributed by atoms with Crippen LogP contribution < -0.4 is 5.73 Å². The molecule has 1 aromatic heterocycles. The Kier molecular flexibility index (Phi) is 3.84. The Bertz CT molecular complexity index is 616.